The minimum atomic E-state index is 0. The molecule has 1 fully saturated rings. The quantitative estimate of drug-likeness (QED) is 0.244. The Hall–Kier alpha value is 0.951. The van der Waals surface area contributed by atoms with Crippen LogP contribution in [0.1, 0.15) is 98.3 Å². The molecule has 0 bridgehead atoms. The molecule has 5 heteroatoms. The van der Waals surface area contributed by atoms with Gasteiger partial charge in [0.25, 0.3) is 0 Å². The zero-order valence-corrected chi connectivity index (χ0v) is 24.1. The summed E-state index contributed by atoms with van der Waals surface area (Å²) in [5.74, 6) is 0.560. The number of rotatable bonds is 0. The SMILES string of the molecule is CC1=[C-]C(C)C(C)=C1C.Cl.Cl.[CH3-].[CH3-].[NH-]C1CCCCCCCCCCC1.[SiH2]=[Ti]. The standard InChI is InChI=1S/C12H24N.C9H13.2CH3.2ClH.H2Si.Ti/c13-12-10-8-6-4-2-1-3-5-7-9-11-12;1-6-5-7(2)9(4)8(6)3;;;;;;/h12-13H,1-11H2;6H,1-4H3;2*1H3;2*1H;1H2;/q4*-1;;;;. The molecule has 0 aromatic carbocycles. The van der Waals surface area contributed by atoms with Gasteiger partial charge >= 0.3 is 26.8 Å². The predicted octanol–water partition coefficient (Wildman–Crippen LogP) is 8.26. The van der Waals surface area contributed by atoms with Gasteiger partial charge in [-0.2, -0.15) is 11.1 Å². The molecule has 1 saturated carbocycles. The molecule has 0 aromatic rings. The normalized spacial score (nSPS) is 20.3. The van der Waals surface area contributed by atoms with Crippen LogP contribution in [0.5, 0.6) is 0 Å². The molecule has 0 radical (unpaired) electrons. The fourth-order valence-electron chi connectivity index (χ4n) is 3.33. The van der Waals surface area contributed by atoms with Gasteiger partial charge in [0.05, 0.1) is 0 Å². The molecule has 2 aliphatic rings. The average molecular weight is 484 g/mol. The molecule has 1 atom stereocenters. The van der Waals surface area contributed by atoms with Crippen LogP contribution in [0, 0.1) is 26.8 Å². The third-order valence-corrected chi connectivity index (χ3v) is 5.34. The summed E-state index contributed by atoms with van der Waals surface area (Å²) in [5, 5.41) is 0. The Morgan fingerprint density at radius 1 is 0.786 bits per heavy atom. The second-order valence-electron chi connectivity index (χ2n) is 7.26. The van der Waals surface area contributed by atoms with Gasteiger partial charge in [0, 0.05) is 0 Å². The first kappa shape index (κ1) is 39.4. The van der Waals surface area contributed by atoms with Crippen molar-refractivity contribution in [2.45, 2.75) is 104 Å². The third-order valence-electron chi connectivity index (χ3n) is 5.34. The summed E-state index contributed by atoms with van der Waals surface area (Å²) in [6, 6.07) is 0.249. The van der Waals surface area contributed by atoms with Crippen LogP contribution in [-0.4, -0.2) is 13.7 Å². The molecule has 1 unspecified atom stereocenters. The van der Waals surface area contributed by atoms with Gasteiger partial charge in [-0.3, -0.25) is 6.08 Å². The van der Waals surface area contributed by atoms with Crippen molar-refractivity contribution in [1.29, 1.82) is 0 Å². The van der Waals surface area contributed by atoms with E-state index in [2.05, 4.69) is 33.8 Å². The van der Waals surface area contributed by atoms with Crippen LogP contribution in [0.4, 0.5) is 0 Å². The predicted molar refractivity (Wildman–Crippen MR) is 135 cm³/mol. The topological polar surface area (TPSA) is 23.8 Å². The molecule has 28 heavy (non-hydrogen) atoms. The van der Waals surface area contributed by atoms with E-state index in [0.29, 0.717) is 5.92 Å². The van der Waals surface area contributed by atoms with Gasteiger partial charge in [-0.1, -0.05) is 97.3 Å². The number of hydrogen-bond donors (Lipinski definition) is 0. The van der Waals surface area contributed by atoms with Crippen LogP contribution in [0.2, 0.25) is 0 Å². The van der Waals surface area contributed by atoms with E-state index in [1.165, 1.54) is 74.5 Å². The molecule has 2 aliphatic carbocycles. The fraction of sp³-hybridized carbons (Fsp3) is 0.739. The van der Waals surface area contributed by atoms with Crippen molar-refractivity contribution in [3.05, 3.63) is 43.4 Å². The second kappa shape index (κ2) is 26.0. The summed E-state index contributed by atoms with van der Waals surface area (Å²) in [6.45, 7) is 8.67. The summed E-state index contributed by atoms with van der Waals surface area (Å²) in [7, 11) is 1.86. The second-order valence-corrected chi connectivity index (χ2v) is 7.26. The molecule has 0 aromatic heterocycles. The van der Waals surface area contributed by atoms with Crippen LogP contribution in [0.25, 0.3) is 5.73 Å². The van der Waals surface area contributed by atoms with Crippen molar-refractivity contribution in [3.63, 3.8) is 0 Å². The molecular weight excluding hydrogens is 437 g/mol. The van der Waals surface area contributed by atoms with Crippen molar-refractivity contribution < 1.29 is 19.2 Å². The number of hydrogen-bond acceptors (Lipinski definition) is 0. The molecule has 2 rings (SSSR count). The molecular formula is C23H47Cl2NSiTi-4. The van der Waals surface area contributed by atoms with Crippen LogP contribution in [-0.2, 0) is 19.2 Å². The van der Waals surface area contributed by atoms with Crippen LogP contribution in [0.3, 0.4) is 0 Å². The molecule has 0 heterocycles. The average Bonchev–Trinajstić information content (AvgIpc) is 2.79. The summed E-state index contributed by atoms with van der Waals surface area (Å²) in [4.78, 5) is 0. The van der Waals surface area contributed by atoms with Crippen LogP contribution < -0.4 is 0 Å². The van der Waals surface area contributed by atoms with E-state index in [1.807, 2.05) is 26.8 Å². The van der Waals surface area contributed by atoms with Gasteiger partial charge in [0.1, 0.15) is 0 Å². The van der Waals surface area contributed by atoms with Gasteiger partial charge in [-0.05, 0) is 0 Å². The zero-order valence-electron chi connectivity index (χ0n) is 19.5. The summed E-state index contributed by atoms with van der Waals surface area (Å²) in [5.41, 5.74) is 12.0. The maximum absolute atomic E-state index is 7.80. The Morgan fingerprint density at radius 2 is 1.11 bits per heavy atom. The van der Waals surface area contributed by atoms with E-state index in [-0.39, 0.29) is 45.7 Å². The van der Waals surface area contributed by atoms with E-state index in [1.54, 1.807) is 0 Å². The Labute approximate surface area is 204 Å². The number of halogens is 2. The molecule has 0 aliphatic heterocycles. The van der Waals surface area contributed by atoms with E-state index in [0.717, 1.165) is 12.8 Å². The van der Waals surface area contributed by atoms with Crippen molar-refractivity contribution in [2.75, 3.05) is 0 Å². The summed E-state index contributed by atoms with van der Waals surface area (Å²) >= 11 is 2.03. The van der Waals surface area contributed by atoms with E-state index in [9.17, 15) is 0 Å². The zero-order chi connectivity index (χ0) is 18.4. The van der Waals surface area contributed by atoms with Crippen molar-refractivity contribution >= 4 is 32.4 Å². The van der Waals surface area contributed by atoms with Crippen molar-refractivity contribution in [2.24, 2.45) is 5.92 Å². The molecule has 0 amide bonds. The van der Waals surface area contributed by atoms with E-state index < -0.39 is 0 Å². The fourth-order valence-corrected chi connectivity index (χ4v) is 3.33. The Morgan fingerprint density at radius 3 is 1.32 bits per heavy atom. The van der Waals surface area contributed by atoms with E-state index >= 15 is 0 Å². The first-order valence-corrected chi connectivity index (χ1v) is 13.9. The maximum atomic E-state index is 7.80. The monoisotopic (exact) mass is 483 g/mol. The first-order valence-electron chi connectivity index (χ1n) is 9.86. The van der Waals surface area contributed by atoms with Crippen molar-refractivity contribution in [1.82, 2.24) is 0 Å². The van der Waals surface area contributed by atoms with Gasteiger partial charge in [0.15, 0.2) is 0 Å². The van der Waals surface area contributed by atoms with Crippen LogP contribution >= 0.6 is 24.8 Å². The number of nitrogens with one attached hydrogen (secondary N) is 1. The summed E-state index contributed by atoms with van der Waals surface area (Å²) < 4.78 is 0. The molecule has 170 valence electrons. The van der Waals surface area contributed by atoms with Gasteiger partial charge in [-0.15, -0.1) is 37.8 Å². The van der Waals surface area contributed by atoms with Gasteiger partial charge in [-0.25, -0.2) is 5.57 Å². The Bertz CT molecular complexity index is 388. The molecule has 1 N–H and O–H groups in total. The Balaban J connectivity index is -0.000000106. The van der Waals surface area contributed by atoms with Gasteiger partial charge < -0.3 is 20.6 Å². The third kappa shape index (κ3) is 18.9. The molecule has 0 saturated heterocycles. The van der Waals surface area contributed by atoms with Gasteiger partial charge in [0.2, 0.25) is 0 Å². The first-order chi connectivity index (χ1) is 11.5. The molecule has 1 nitrogen and oxygen atoms in total. The minimum absolute atomic E-state index is 0. The summed E-state index contributed by atoms with van der Waals surface area (Å²) in [6.07, 6.45) is 18.1. The van der Waals surface area contributed by atoms with Crippen molar-refractivity contribution in [3.8, 4) is 0 Å². The Kier molecular flexibility index (Phi) is 36.6. The van der Waals surface area contributed by atoms with Crippen LogP contribution in [0.15, 0.2) is 16.7 Å². The van der Waals surface area contributed by atoms with E-state index in [4.69, 9.17) is 5.73 Å². The number of allylic oxidation sites excluding steroid dienone is 4. The molecule has 0 spiro atoms.